The Morgan fingerprint density at radius 2 is 1.69 bits per heavy atom. The average molecular weight is 436 g/mol. The number of fused-ring (bicyclic) bond motifs is 3. The van der Waals surface area contributed by atoms with Gasteiger partial charge in [-0.1, -0.05) is 24.3 Å². The maximum atomic E-state index is 12.7. The van der Waals surface area contributed by atoms with Gasteiger partial charge in [-0.05, 0) is 67.2 Å². The SMILES string of the molecule is CS(=O)(=O)Nc1cccc(-c2ccc(NC(=O)[C@H]3CN4CCC3CC4)cc2)c1.Cl. The predicted octanol–water partition coefficient (Wildman–Crippen LogP) is 3.43. The van der Waals surface area contributed by atoms with Crippen LogP contribution in [0.4, 0.5) is 11.4 Å². The van der Waals surface area contributed by atoms with Crippen LogP contribution in [0.3, 0.4) is 0 Å². The fourth-order valence-corrected chi connectivity index (χ4v) is 4.77. The Hall–Kier alpha value is -2.09. The Bertz CT molecular complexity index is 971. The lowest BCUT2D eigenvalue weighted by molar-refractivity contribution is -0.125. The van der Waals surface area contributed by atoms with Crippen molar-refractivity contribution < 1.29 is 13.2 Å². The van der Waals surface area contributed by atoms with E-state index in [-0.39, 0.29) is 24.2 Å². The Kier molecular flexibility index (Phi) is 6.51. The van der Waals surface area contributed by atoms with Crippen molar-refractivity contribution in [1.29, 1.82) is 0 Å². The van der Waals surface area contributed by atoms with Crippen molar-refractivity contribution in [3.8, 4) is 11.1 Å². The van der Waals surface area contributed by atoms with Crippen LogP contribution in [0, 0.1) is 11.8 Å². The fourth-order valence-electron chi connectivity index (χ4n) is 4.22. The van der Waals surface area contributed by atoms with Crippen molar-refractivity contribution in [3.63, 3.8) is 0 Å². The van der Waals surface area contributed by atoms with Gasteiger partial charge >= 0.3 is 0 Å². The summed E-state index contributed by atoms with van der Waals surface area (Å²) in [6.45, 7) is 3.11. The number of amides is 1. The molecule has 1 atom stereocenters. The van der Waals surface area contributed by atoms with Crippen LogP contribution in [-0.2, 0) is 14.8 Å². The van der Waals surface area contributed by atoms with Gasteiger partial charge in [0.25, 0.3) is 0 Å². The molecule has 29 heavy (non-hydrogen) atoms. The second-order valence-electron chi connectivity index (χ2n) is 7.77. The molecule has 3 heterocycles. The summed E-state index contributed by atoms with van der Waals surface area (Å²) in [5, 5.41) is 3.06. The van der Waals surface area contributed by atoms with E-state index in [1.54, 1.807) is 12.1 Å². The van der Waals surface area contributed by atoms with E-state index in [0.29, 0.717) is 11.6 Å². The third-order valence-corrected chi connectivity index (χ3v) is 6.25. The first-order valence-electron chi connectivity index (χ1n) is 9.59. The molecule has 8 heteroatoms. The summed E-state index contributed by atoms with van der Waals surface area (Å²) in [5.41, 5.74) is 3.18. The first-order valence-corrected chi connectivity index (χ1v) is 11.5. The summed E-state index contributed by atoms with van der Waals surface area (Å²) in [6, 6.07) is 14.9. The van der Waals surface area contributed by atoms with Crippen LogP contribution in [0.1, 0.15) is 12.8 Å². The largest absolute Gasteiger partial charge is 0.326 e. The average Bonchev–Trinajstić information content (AvgIpc) is 2.68. The summed E-state index contributed by atoms with van der Waals surface area (Å²) in [5.74, 6) is 0.705. The minimum atomic E-state index is -3.31. The van der Waals surface area contributed by atoms with Crippen LogP contribution in [0.25, 0.3) is 11.1 Å². The molecule has 6 nitrogen and oxygen atoms in total. The van der Waals surface area contributed by atoms with Crippen LogP contribution < -0.4 is 10.0 Å². The molecule has 0 unspecified atom stereocenters. The summed E-state index contributed by atoms with van der Waals surface area (Å²) >= 11 is 0. The highest BCUT2D eigenvalue weighted by Crippen LogP contribution is 2.33. The van der Waals surface area contributed by atoms with E-state index in [4.69, 9.17) is 0 Å². The lowest BCUT2D eigenvalue weighted by atomic mass is 9.78. The number of anilines is 2. The highest BCUT2D eigenvalue weighted by molar-refractivity contribution is 7.92. The summed E-state index contributed by atoms with van der Waals surface area (Å²) in [7, 11) is -3.31. The number of carbonyl (C=O) groups is 1. The molecular weight excluding hydrogens is 410 g/mol. The predicted molar refractivity (Wildman–Crippen MR) is 119 cm³/mol. The molecule has 0 radical (unpaired) electrons. The van der Waals surface area contributed by atoms with Crippen molar-refractivity contribution in [1.82, 2.24) is 4.90 Å². The number of benzene rings is 2. The van der Waals surface area contributed by atoms with E-state index >= 15 is 0 Å². The second-order valence-corrected chi connectivity index (χ2v) is 9.51. The van der Waals surface area contributed by atoms with E-state index in [1.165, 1.54) is 0 Å². The van der Waals surface area contributed by atoms with Crippen molar-refractivity contribution in [3.05, 3.63) is 48.5 Å². The van der Waals surface area contributed by atoms with Crippen molar-refractivity contribution >= 4 is 39.7 Å². The summed E-state index contributed by atoms with van der Waals surface area (Å²) < 4.78 is 25.3. The second kappa shape index (κ2) is 8.73. The van der Waals surface area contributed by atoms with Gasteiger partial charge in [-0.15, -0.1) is 12.4 Å². The highest BCUT2D eigenvalue weighted by atomic mass is 35.5. The number of nitrogens with zero attached hydrogens (tertiary/aromatic N) is 1. The molecule has 2 aromatic carbocycles. The molecule has 3 aliphatic rings. The lowest BCUT2D eigenvalue weighted by Gasteiger charge is -2.43. The van der Waals surface area contributed by atoms with E-state index in [2.05, 4.69) is 14.9 Å². The van der Waals surface area contributed by atoms with Crippen LogP contribution >= 0.6 is 12.4 Å². The van der Waals surface area contributed by atoms with Gasteiger partial charge in [0.05, 0.1) is 12.2 Å². The number of hydrogen-bond donors (Lipinski definition) is 2. The molecule has 0 aromatic heterocycles. The minimum Gasteiger partial charge on any atom is -0.326 e. The van der Waals surface area contributed by atoms with E-state index < -0.39 is 10.0 Å². The molecule has 2 N–H and O–H groups in total. The molecular formula is C21H26ClN3O3S. The zero-order valence-corrected chi connectivity index (χ0v) is 17.9. The minimum absolute atomic E-state index is 0. The molecule has 1 amide bonds. The number of piperidine rings is 3. The Morgan fingerprint density at radius 1 is 1.00 bits per heavy atom. The molecule has 3 aliphatic heterocycles. The van der Waals surface area contributed by atoms with Crippen molar-refractivity contribution in [2.24, 2.45) is 11.8 Å². The quantitative estimate of drug-likeness (QED) is 0.754. The Morgan fingerprint density at radius 3 is 2.28 bits per heavy atom. The molecule has 0 aliphatic carbocycles. The number of rotatable bonds is 5. The first-order chi connectivity index (χ1) is 13.4. The van der Waals surface area contributed by atoms with Gasteiger partial charge in [-0.3, -0.25) is 9.52 Å². The molecule has 0 saturated carbocycles. The Labute approximate surface area is 178 Å². The van der Waals surface area contributed by atoms with Gasteiger partial charge < -0.3 is 10.2 Å². The fraction of sp³-hybridized carbons (Fsp3) is 0.381. The van der Waals surface area contributed by atoms with Gasteiger partial charge in [0.15, 0.2) is 0 Å². The van der Waals surface area contributed by atoms with Gasteiger partial charge in [0, 0.05) is 17.9 Å². The van der Waals surface area contributed by atoms with Crippen LogP contribution in [0.15, 0.2) is 48.5 Å². The zero-order valence-electron chi connectivity index (χ0n) is 16.3. The van der Waals surface area contributed by atoms with Crippen LogP contribution in [0.5, 0.6) is 0 Å². The summed E-state index contributed by atoms with van der Waals surface area (Å²) in [6.07, 6.45) is 3.37. The van der Waals surface area contributed by atoms with Gasteiger partial charge in [0.1, 0.15) is 0 Å². The van der Waals surface area contributed by atoms with Gasteiger partial charge in [0.2, 0.25) is 15.9 Å². The lowest BCUT2D eigenvalue weighted by Crippen LogP contribution is -2.51. The molecule has 156 valence electrons. The molecule has 2 bridgehead atoms. The van der Waals surface area contributed by atoms with E-state index in [9.17, 15) is 13.2 Å². The molecule has 2 aromatic rings. The number of halogens is 1. The normalized spacial score (nSPS) is 23.1. The molecule has 5 rings (SSSR count). The maximum Gasteiger partial charge on any atom is 0.229 e. The maximum absolute atomic E-state index is 12.7. The number of carbonyl (C=O) groups excluding carboxylic acids is 1. The molecule has 0 spiro atoms. The van der Waals surface area contributed by atoms with Gasteiger partial charge in [-0.2, -0.15) is 0 Å². The molecule has 3 fully saturated rings. The van der Waals surface area contributed by atoms with Crippen molar-refractivity contribution in [2.45, 2.75) is 12.8 Å². The van der Waals surface area contributed by atoms with Crippen LogP contribution in [0.2, 0.25) is 0 Å². The third kappa shape index (κ3) is 5.29. The van der Waals surface area contributed by atoms with E-state index in [1.807, 2.05) is 36.4 Å². The zero-order chi connectivity index (χ0) is 19.7. The van der Waals surface area contributed by atoms with Crippen molar-refractivity contribution in [2.75, 3.05) is 35.9 Å². The smallest absolute Gasteiger partial charge is 0.229 e. The third-order valence-electron chi connectivity index (χ3n) is 5.64. The standard InChI is InChI=1S/C21H25N3O3S.ClH/c1-28(26,27)23-19-4-2-3-17(13-19)15-5-7-18(8-6-15)22-21(25)20-14-24-11-9-16(20)10-12-24;/h2-8,13,16,20,23H,9-12,14H2,1H3,(H,22,25);1H/t20-;/m0./s1. The van der Waals surface area contributed by atoms with Crippen LogP contribution in [-0.4, -0.2) is 45.1 Å². The van der Waals surface area contributed by atoms with Gasteiger partial charge in [-0.25, -0.2) is 8.42 Å². The number of hydrogen-bond acceptors (Lipinski definition) is 4. The number of nitrogens with one attached hydrogen (secondary N) is 2. The van der Waals surface area contributed by atoms with E-state index in [0.717, 1.165) is 55.5 Å². The Balaban J connectivity index is 0.00000240. The monoisotopic (exact) mass is 435 g/mol. The molecule has 3 saturated heterocycles. The summed E-state index contributed by atoms with van der Waals surface area (Å²) in [4.78, 5) is 15.1. The topological polar surface area (TPSA) is 78.5 Å². The highest BCUT2D eigenvalue weighted by Gasteiger charge is 2.38. The number of sulfonamides is 1. The first kappa shape index (κ1) is 21.6.